The van der Waals surface area contributed by atoms with Gasteiger partial charge in [-0.15, -0.1) is 0 Å². The normalized spacial score (nSPS) is 26.1. The van der Waals surface area contributed by atoms with Gasteiger partial charge in [0.1, 0.15) is 0 Å². The van der Waals surface area contributed by atoms with Gasteiger partial charge in [-0.3, -0.25) is 4.79 Å². The van der Waals surface area contributed by atoms with Gasteiger partial charge in [0.25, 0.3) is 0 Å². The van der Waals surface area contributed by atoms with E-state index in [1.54, 1.807) is 4.90 Å². The van der Waals surface area contributed by atoms with Crippen molar-refractivity contribution in [2.24, 2.45) is 11.8 Å². The maximum absolute atomic E-state index is 12.3. The zero-order chi connectivity index (χ0) is 14.3. The first kappa shape index (κ1) is 14.1. The molecule has 0 spiro atoms. The highest BCUT2D eigenvalue weighted by Gasteiger charge is 2.45. The van der Waals surface area contributed by atoms with Crippen LogP contribution in [0.3, 0.4) is 0 Å². The van der Waals surface area contributed by atoms with Crippen LogP contribution in [-0.4, -0.2) is 35.6 Å². The molecular weight excluding hydrogens is 318 g/mol. The van der Waals surface area contributed by atoms with E-state index in [1.807, 2.05) is 19.2 Å². The number of halogens is 1. The van der Waals surface area contributed by atoms with E-state index in [0.717, 1.165) is 23.7 Å². The zero-order valence-electron chi connectivity index (χ0n) is 11.6. The largest absolute Gasteiger partial charge is 0.391 e. The molecule has 1 amide bonds. The molecule has 3 rings (SSSR count). The van der Waals surface area contributed by atoms with Gasteiger partial charge in [0.2, 0.25) is 5.91 Å². The van der Waals surface area contributed by atoms with Gasteiger partial charge in [0.15, 0.2) is 0 Å². The van der Waals surface area contributed by atoms with Gasteiger partial charge in [-0.25, -0.2) is 0 Å². The lowest BCUT2D eigenvalue weighted by atomic mass is 10.1. The quantitative estimate of drug-likeness (QED) is 0.897. The van der Waals surface area contributed by atoms with Crippen LogP contribution in [-0.2, 0) is 4.79 Å². The second-order valence-electron chi connectivity index (χ2n) is 6.12. The van der Waals surface area contributed by atoms with Crippen LogP contribution in [0, 0.1) is 11.8 Å². The topological polar surface area (TPSA) is 40.5 Å². The fraction of sp³-hybridized carbons (Fsp3) is 0.562. The summed E-state index contributed by atoms with van der Waals surface area (Å²) in [6, 6.07) is 8.22. The molecule has 0 aliphatic heterocycles. The van der Waals surface area contributed by atoms with Gasteiger partial charge in [-0.2, -0.15) is 0 Å². The van der Waals surface area contributed by atoms with Crippen LogP contribution in [0.15, 0.2) is 28.7 Å². The minimum absolute atomic E-state index is 0.104. The maximum atomic E-state index is 12.3. The first-order valence-corrected chi connectivity index (χ1v) is 8.04. The number of rotatable bonds is 5. The molecule has 3 nitrogen and oxygen atoms in total. The number of carbonyl (C=O) groups is 1. The summed E-state index contributed by atoms with van der Waals surface area (Å²) in [6.45, 7) is 0.479. The monoisotopic (exact) mass is 337 g/mol. The molecule has 2 fully saturated rings. The summed E-state index contributed by atoms with van der Waals surface area (Å²) in [5.74, 6) is 1.06. The molecule has 0 bridgehead atoms. The van der Waals surface area contributed by atoms with Crippen molar-refractivity contribution in [3.05, 3.63) is 34.3 Å². The molecule has 0 saturated heterocycles. The van der Waals surface area contributed by atoms with Crippen molar-refractivity contribution in [3.63, 3.8) is 0 Å². The summed E-state index contributed by atoms with van der Waals surface area (Å²) < 4.78 is 1.06. The number of hydrogen-bond donors (Lipinski definition) is 1. The van der Waals surface area contributed by atoms with E-state index < -0.39 is 0 Å². The Morgan fingerprint density at radius 2 is 2.05 bits per heavy atom. The average Bonchev–Trinajstić information content (AvgIpc) is 3.29. The molecule has 0 radical (unpaired) electrons. The van der Waals surface area contributed by atoms with Crippen LogP contribution in [0.4, 0.5) is 0 Å². The lowest BCUT2D eigenvalue weighted by Crippen LogP contribution is -2.36. The fourth-order valence-corrected chi connectivity index (χ4v) is 3.09. The van der Waals surface area contributed by atoms with Gasteiger partial charge in [0, 0.05) is 24.0 Å². The van der Waals surface area contributed by atoms with Crippen LogP contribution < -0.4 is 0 Å². The summed E-state index contributed by atoms with van der Waals surface area (Å²) in [4.78, 5) is 14.1. The van der Waals surface area contributed by atoms with Gasteiger partial charge < -0.3 is 10.0 Å². The Kier molecular flexibility index (Phi) is 3.87. The Bertz CT molecular complexity index is 498. The highest BCUT2D eigenvalue weighted by molar-refractivity contribution is 9.10. The Morgan fingerprint density at radius 1 is 1.40 bits per heavy atom. The van der Waals surface area contributed by atoms with Crippen molar-refractivity contribution in [1.29, 1.82) is 0 Å². The predicted molar refractivity (Wildman–Crippen MR) is 81.4 cm³/mol. The third-order valence-electron chi connectivity index (χ3n) is 4.41. The number of nitrogens with zero attached hydrogens (tertiary/aromatic N) is 1. The second kappa shape index (κ2) is 5.49. The summed E-state index contributed by atoms with van der Waals surface area (Å²) in [5, 5.41) is 9.92. The predicted octanol–water partition coefficient (Wildman–Crippen LogP) is 2.78. The van der Waals surface area contributed by atoms with Crippen LogP contribution in [0.25, 0.3) is 0 Å². The van der Waals surface area contributed by atoms with Gasteiger partial charge >= 0.3 is 0 Å². The Labute approximate surface area is 128 Å². The number of carbonyl (C=O) groups excluding carboxylic acids is 1. The third kappa shape index (κ3) is 3.07. The number of benzene rings is 1. The molecule has 1 N–H and O–H groups in total. The zero-order valence-corrected chi connectivity index (χ0v) is 13.2. The SMILES string of the molecule is CN(CC(O)C1CC1)C(=O)C1CC1c1ccc(Br)cc1. The highest BCUT2D eigenvalue weighted by atomic mass is 79.9. The van der Waals surface area contributed by atoms with E-state index in [0.29, 0.717) is 18.4 Å². The summed E-state index contributed by atoms with van der Waals surface area (Å²) in [6.07, 6.45) is 2.81. The molecule has 0 heterocycles. The van der Waals surface area contributed by atoms with E-state index in [9.17, 15) is 9.90 Å². The molecule has 2 aliphatic rings. The highest BCUT2D eigenvalue weighted by Crippen LogP contribution is 2.48. The lowest BCUT2D eigenvalue weighted by molar-refractivity contribution is -0.132. The average molecular weight is 338 g/mol. The van der Waals surface area contributed by atoms with E-state index >= 15 is 0 Å². The second-order valence-corrected chi connectivity index (χ2v) is 7.04. The van der Waals surface area contributed by atoms with Gasteiger partial charge in [-0.1, -0.05) is 28.1 Å². The van der Waals surface area contributed by atoms with Crippen LogP contribution in [0.1, 0.15) is 30.7 Å². The van der Waals surface area contributed by atoms with Crippen LogP contribution in [0.5, 0.6) is 0 Å². The molecule has 3 atom stereocenters. The number of aliphatic hydroxyl groups excluding tert-OH is 1. The van der Waals surface area contributed by atoms with E-state index in [4.69, 9.17) is 0 Å². The van der Waals surface area contributed by atoms with Crippen LogP contribution in [0.2, 0.25) is 0 Å². The first-order valence-electron chi connectivity index (χ1n) is 7.24. The molecule has 1 aromatic rings. The van der Waals surface area contributed by atoms with Gasteiger partial charge in [0.05, 0.1) is 6.10 Å². The van der Waals surface area contributed by atoms with Gasteiger partial charge in [-0.05, 0) is 48.8 Å². The third-order valence-corrected chi connectivity index (χ3v) is 4.94. The van der Waals surface area contributed by atoms with Crippen molar-refractivity contribution in [3.8, 4) is 0 Å². The molecular formula is C16H20BrNO2. The number of amides is 1. The molecule has 4 heteroatoms. The number of likely N-dealkylation sites (N-methyl/N-ethyl adjacent to an activating group) is 1. The Hall–Kier alpha value is -0.870. The molecule has 108 valence electrons. The van der Waals surface area contributed by atoms with E-state index in [1.165, 1.54) is 5.56 Å². The molecule has 2 saturated carbocycles. The minimum atomic E-state index is -0.339. The van der Waals surface area contributed by atoms with Crippen molar-refractivity contribution >= 4 is 21.8 Å². The molecule has 20 heavy (non-hydrogen) atoms. The summed E-state index contributed by atoms with van der Waals surface area (Å²) >= 11 is 3.43. The Balaban J connectivity index is 1.55. The molecule has 1 aromatic carbocycles. The Morgan fingerprint density at radius 3 is 2.65 bits per heavy atom. The number of hydrogen-bond acceptors (Lipinski definition) is 2. The maximum Gasteiger partial charge on any atom is 0.226 e. The molecule has 0 aromatic heterocycles. The van der Waals surface area contributed by atoms with Crippen LogP contribution >= 0.6 is 15.9 Å². The number of aliphatic hydroxyl groups is 1. The van der Waals surface area contributed by atoms with E-state index in [-0.39, 0.29) is 17.9 Å². The molecule has 3 unspecified atom stereocenters. The summed E-state index contributed by atoms with van der Waals surface area (Å²) in [5.41, 5.74) is 1.24. The minimum Gasteiger partial charge on any atom is -0.391 e. The van der Waals surface area contributed by atoms with Crippen molar-refractivity contribution in [1.82, 2.24) is 4.90 Å². The van der Waals surface area contributed by atoms with Crippen molar-refractivity contribution < 1.29 is 9.90 Å². The smallest absolute Gasteiger partial charge is 0.226 e. The fourth-order valence-electron chi connectivity index (χ4n) is 2.83. The molecule has 2 aliphatic carbocycles. The standard InChI is InChI=1S/C16H20BrNO2/c1-18(9-15(19)11-2-3-11)16(20)14-8-13(14)10-4-6-12(17)7-5-10/h4-7,11,13-15,19H,2-3,8-9H2,1H3. The van der Waals surface area contributed by atoms with Crippen molar-refractivity contribution in [2.45, 2.75) is 31.3 Å². The van der Waals surface area contributed by atoms with Crippen molar-refractivity contribution in [2.75, 3.05) is 13.6 Å². The van der Waals surface area contributed by atoms with E-state index in [2.05, 4.69) is 28.1 Å². The lowest BCUT2D eigenvalue weighted by Gasteiger charge is -2.21. The first-order chi connectivity index (χ1) is 9.56. The summed E-state index contributed by atoms with van der Waals surface area (Å²) in [7, 11) is 1.81.